The lowest BCUT2D eigenvalue weighted by molar-refractivity contribution is 1.22. The van der Waals surface area contributed by atoms with E-state index in [1.54, 1.807) is 0 Å². The van der Waals surface area contributed by atoms with Crippen LogP contribution in [0.15, 0.2) is 127 Å². The molecule has 0 aliphatic heterocycles. The maximum absolute atomic E-state index is 5.11. The van der Waals surface area contributed by atoms with Crippen LogP contribution in [0.5, 0.6) is 0 Å². The molecule has 176 valence electrons. The topological polar surface area (TPSA) is 21.7 Å². The van der Waals surface area contributed by atoms with Crippen LogP contribution in [0.3, 0.4) is 0 Å². The van der Waals surface area contributed by atoms with Gasteiger partial charge in [0.05, 0.1) is 27.6 Å². The Bertz CT molecular complexity index is 2320. The van der Waals surface area contributed by atoms with Gasteiger partial charge < -0.3 is 0 Å². The number of para-hydroxylation sites is 2. The Morgan fingerprint density at radius 1 is 0.421 bits per heavy atom. The van der Waals surface area contributed by atoms with Crippen molar-refractivity contribution < 1.29 is 0 Å². The van der Waals surface area contributed by atoms with Crippen LogP contribution >= 0.6 is 0 Å². The number of benzene rings is 6. The van der Waals surface area contributed by atoms with Gasteiger partial charge in [0, 0.05) is 10.8 Å². The molecule has 3 heteroatoms. The van der Waals surface area contributed by atoms with Crippen molar-refractivity contribution in [3.8, 4) is 22.3 Å². The van der Waals surface area contributed by atoms with Crippen LogP contribution in [-0.4, -0.2) is 13.8 Å². The Hall–Kier alpha value is -5.15. The fraction of sp³-hybridized carbons (Fsp3) is 0. The van der Waals surface area contributed by atoms with E-state index in [0.29, 0.717) is 0 Å². The number of aromatic nitrogens is 3. The molecule has 0 fully saturated rings. The third kappa shape index (κ3) is 2.60. The number of imidazole rings is 2. The minimum absolute atomic E-state index is 0.966. The second-order valence-electron chi connectivity index (χ2n) is 10.1. The number of rotatable bonds is 2. The van der Waals surface area contributed by atoms with E-state index in [1.165, 1.54) is 60.3 Å². The van der Waals surface area contributed by atoms with Crippen LogP contribution in [0.1, 0.15) is 0 Å². The molecule has 9 rings (SSSR count). The van der Waals surface area contributed by atoms with E-state index in [2.05, 4.69) is 136 Å². The molecule has 3 aromatic heterocycles. The van der Waals surface area contributed by atoms with Gasteiger partial charge in [-0.2, -0.15) is 0 Å². The Morgan fingerprint density at radius 2 is 1.08 bits per heavy atom. The van der Waals surface area contributed by atoms with E-state index in [-0.39, 0.29) is 0 Å². The van der Waals surface area contributed by atoms with E-state index in [9.17, 15) is 0 Å². The lowest BCUT2D eigenvalue weighted by Gasteiger charge is -2.07. The largest absolute Gasteiger partial charge is 0.277 e. The lowest BCUT2D eigenvalue weighted by Crippen LogP contribution is -1.85. The van der Waals surface area contributed by atoms with Crippen LogP contribution in [0.25, 0.3) is 77.2 Å². The molecule has 0 amide bonds. The highest BCUT2D eigenvalue weighted by Crippen LogP contribution is 2.41. The van der Waals surface area contributed by atoms with E-state index in [1.807, 2.05) is 0 Å². The molecule has 0 spiro atoms. The number of fused-ring (bicyclic) bond motifs is 9. The molecule has 0 atom stereocenters. The summed E-state index contributed by atoms with van der Waals surface area (Å²) in [7, 11) is 0. The van der Waals surface area contributed by atoms with Crippen LogP contribution in [0, 0.1) is 0 Å². The van der Waals surface area contributed by atoms with Crippen LogP contribution in [0.2, 0.25) is 0 Å². The molecule has 0 unspecified atom stereocenters. The predicted octanol–water partition coefficient (Wildman–Crippen LogP) is 8.97. The zero-order valence-electron chi connectivity index (χ0n) is 20.5. The quantitative estimate of drug-likeness (QED) is 0.240. The summed E-state index contributed by atoms with van der Waals surface area (Å²) in [6.45, 7) is 0. The summed E-state index contributed by atoms with van der Waals surface area (Å²) >= 11 is 0. The fourth-order valence-corrected chi connectivity index (χ4v) is 6.24. The van der Waals surface area contributed by atoms with Gasteiger partial charge in [-0.15, -0.1) is 0 Å². The molecule has 0 radical (unpaired) electrons. The monoisotopic (exact) mass is 483 g/mol. The average molecular weight is 484 g/mol. The molecular weight excluding hydrogens is 462 g/mol. The van der Waals surface area contributed by atoms with E-state index in [4.69, 9.17) is 4.98 Å². The summed E-state index contributed by atoms with van der Waals surface area (Å²) < 4.78 is 4.68. The van der Waals surface area contributed by atoms with E-state index >= 15 is 0 Å². The Labute approximate surface area is 218 Å². The zero-order chi connectivity index (χ0) is 24.8. The van der Waals surface area contributed by atoms with Crippen molar-refractivity contribution in [2.24, 2.45) is 0 Å². The highest BCUT2D eigenvalue weighted by Gasteiger charge is 2.22. The van der Waals surface area contributed by atoms with Crippen molar-refractivity contribution in [1.82, 2.24) is 13.8 Å². The Morgan fingerprint density at radius 3 is 1.89 bits per heavy atom. The molecule has 3 nitrogen and oxygen atoms in total. The molecule has 38 heavy (non-hydrogen) atoms. The van der Waals surface area contributed by atoms with Crippen molar-refractivity contribution in [2.45, 2.75) is 0 Å². The summed E-state index contributed by atoms with van der Waals surface area (Å²) in [6.07, 6.45) is 0. The first-order valence-corrected chi connectivity index (χ1v) is 13.0. The van der Waals surface area contributed by atoms with Gasteiger partial charge in [0.2, 0.25) is 5.78 Å². The van der Waals surface area contributed by atoms with E-state index < -0.39 is 0 Å². The van der Waals surface area contributed by atoms with Gasteiger partial charge in [-0.25, -0.2) is 4.98 Å². The highest BCUT2D eigenvalue weighted by molar-refractivity contribution is 6.19. The second-order valence-corrected chi connectivity index (χ2v) is 10.1. The summed E-state index contributed by atoms with van der Waals surface area (Å²) in [5.74, 6) is 0.966. The van der Waals surface area contributed by atoms with Gasteiger partial charge in [0.15, 0.2) is 0 Å². The first-order valence-electron chi connectivity index (χ1n) is 13.0. The molecule has 0 aliphatic carbocycles. The van der Waals surface area contributed by atoms with Gasteiger partial charge in [-0.3, -0.25) is 8.80 Å². The normalized spacial score (nSPS) is 12.2. The van der Waals surface area contributed by atoms with Crippen molar-refractivity contribution >= 4 is 54.9 Å². The maximum Gasteiger partial charge on any atom is 0.220 e. The van der Waals surface area contributed by atoms with E-state index in [0.717, 1.165) is 16.8 Å². The third-order valence-corrected chi connectivity index (χ3v) is 8.02. The van der Waals surface area contributed by atoms with Crippen molar-refractivity contribution in [3.05, 3.63) is 127 Å². The van der Waals surface area contributed by atoms with Gasteiger partial charge in [-0.05, 0) is 69.4 Å². The van der Waals surface area contributed by atoms with Gasteiger partial charge in [0.25, 0.3) is 0 Å². The molecule has 0 N–H and O–H groups in total. The molecule has 3 heterocycles. The highest BCUT2D eigenvalue weighted by atomic mass is 15.2. The zero-order valence-corrected chi connectivity index (χ0v) is 20.5. The Kier molecular flexibility index (Phi) is 3.79. The number of hydrogen-bond donors (Lipinski definition) is 0. The van der Waals surface area contributed by atoms with Crippen LogP contribution < -0.4 is 0 Å². The summed E-state index contributed by atoms with van der Waals surface area (Å²) in [5.41, 5.74) is 10.7. The lowest BCUT2D eigenvalue weighted by atomic mass is 9.98. The standard InChI is InChI=1S/C35H21N3/c1-2-8-22(9-3-1)23-14-16-24(17-15-23)27-19-29-28-18-25-10-4-5-11-26(25)20-32(28)38-34(29)33(21-27)37-31-13-7-6-12-30(31)36-35(37)38/h1-21H. The van der Waals surface area contributed by atoms with Crippen LogP contribution in [0.4, 0.5) is 0 Å². The molecule has 9 aromatic rings. The summed E-state index contributed by atoms with van der Waals surface area (Å²) in [4.78, 5) is 5.11. The molecule has 6 aromatic carbocycles. The number of hydrogen-bond acceptors (Lipinski definition) is 1. The first-order chi connectivity index (χ1) is 18.8. The van der Waals surface area contributed by atoms with Crippen molar-refractivity contribution in [1.29, 1.82) is 0 Å². The average Bonchev–Trinajstić information content (AvgIpc) is 3.62. The first kappa shape index (κ1) is 20.0. The molecule has 0 saturated carbocycles. The molecule has 0 bridgehead atoms. The Balaban J connectivity index is 1.40. The van der Waals surface area contributed by atoms with Gasteiger partial charge in [0.1, 0.15) is 0 Å². The third-order valence-electron chi connectivity index (χ3n) is 8.02. The van der Waals surface area contributed by atoms with Gasteiger partial charge >= 0.3 is 0 Å². The maximum atomic E-state index is 5.11. The number of nitrogens with zero attached hydrogens (tertiary/aromatic N) is 3. The van der Waals surface area contributed by atoms with Crippen molar-refractivity contribution in [3.63, 3.8) is 0 Å². The fourth-order valence-electron chi connectivity index (χ4n) is 6.24. The molecular formula is C35H21N3. The SMILES string of the molecule is c1ccc(-c2ccc(-c3cc4c5cc6ccccc6cc5n5c4c(c3)n3c4ccccc4nc35)cc2)cc1. The molecule has 0 aliphatic rings. The minimum Gasteiger partial charge on any atom is -0.277 e. The summed E-state index contributed by atoms with van der Waals surface area (Å²) in [5, 5.41) is 5.03. The van der Waals surface area contributed by atoms with Crippen molar-refractivity contribution in [2.75, 3.05) is 0 Å². The minimum atomic E-state index is 0.966. The molecule has 0 saturated heterocycles. The second kappa shape index (κ2) is 7.21. The van der Waals surface area contributed by atoms with Gasteiger partial charge in [-0.1, -0.05) is 91.0 Å². The summed E-state index contributed by atoms with van der Waals surface area (Å²) in [6, 6.07) is 45.9. The predicted molar refractivity (Wildman–Crippen MR) is 158 cm³/mol. The smallest absolute Gasteiger partial charge is 0.220 e. The van der Waals surface area contributed by atoms with Crippen LogP contribution in [-0.2, 0) is 0 Å².